The van der Waals surface area contributed by atoms with Crippen molar-refractivity contribution in [1.29, 1.82) is 0 Å². The molecule has 2 aromatic rings. The van der Waals surface area contributed by atoms with Crippen molar-refractivity contribution in [2.45, 2.75) is 20.0 Å². The van der Waals surface area contributed by atoms with Gasteiger partial charge in [-0.2, -0.15) is 0 Å². The Morgan fingerprint density at radius 3 is 2.70 bits per heavy atom. The van der Waals surface area contributed by atoms with Crippen molar-refractivity contribution >= 4 is 5.96 Å². The van der Waals surface area contributed by atoms with Crippen LogP contribution in [0.5, 0.6) is 5.88 Å². The van der Waals surface area contributed by atoms with Gasteiger partial charge in [0.15, 0.2) is 5.96 Å². The second kappa shape index (κ2) is 8.78. The van der Waals surface area contributed by atoms with Gasteiger partial charge < -0.3 is 15.0 Å². The average Bonchev–Trinajstić information content (AvgIpc) is 2.59. The Balaban J connectivity index is 2.06. The van der Waals surface area contributed by atoms with Gasteiger partial charge in [0.05, 0.1) is 13.7 Å². The van der Waals surface area contributed by atoms with Crippen LogP contribution in [0.3, 0.4) is 0 Å². The van der Waals surface area contributed by atoms with Crippen LogP contribution in [0.15, 0.2) is 53.7 Å². The average molecular weight is 312 g/mol. The molecule has 0 unspecified atom stereocenters. The molecule has 0 fully saturated rings. The maximum absolute atomic E-state index is 5.15. The molecule has 0 aliphatic rings. The summed E-state index contributed by atoms with van der Waals surface area (Å²) in [7, 11) is 3.66. The minimum atomic E-state index is 0.584. The molecule has 1 N–H and O–H groups in total. The van der Waals surface area contributed by atoms with Gasteiger partial charge in [0.25, 0.3) is 0 Å². The number of hydrogen-bond donors (Lipinski definition) is 1. The number of nitrogens with zero attached hydrogens (tertiary/aromatic N) is 3. The fourth-order valence-corrected chi connectivity index (χ4v) is 2.23. The summed E-state index contributed by atoms with van der Waals surface area (Å²) in [5, 5.41) is 3.33. The predicted octanol–water partition coefficient (Wildman–Crippen LogP) is 2.69. The van der Waals surface area contributed by atoms with Crippen LogP contribution in [0.4, 0.5) is 0 Å². The van der Waals surface area contributed by atoms with Gasteiger partial charge in [0.1, 0.15) is 0 Å². The highest BCUT2D eigenvalue weighted by molar-refractivity contribution is 5.79. The number of benzene rings is 1. The standard InChI is InChI=1S/C18H24N4O/c1-4-19-18(22(2)14-15-8-6-5-7-9-15)21-13-16-10-11-20-17(12-16)23-3/h5-12H,4,13-14H2,1-3H3,(H,19,21). The summed E-state index contributed by atoms with van der Waals surface area (Å²) in [6.07, 6.45) is 1.74. The van der Waals surface area contributed by atoms with Gasteiger partial charge in [-0.15, -0.1) is 0 Å². The number of guanidine groups is 1. The Hall–Kier alpha value is -2.56. The SMILES string of the molecule is CCNC(=NCc1ccnc(OC)c1)N(C)Cc1ccccc1. The van der Waals surface area contributed by atoms with Crippen LogP contribution in [0.1, 0.15) is 18.1 Å². The van der Waals surface area contributed by atoms with Gasteiger partial charge >= 0.3 is 0 Å². The topological polar surface area (TPSA) is 49.8 Å². The molecule has 1 heterocycles. The largest absolute Gasteiger partial charge is 0.481 e. The first-order valence-corrected chi connectivity index (χ1v) is 7.75. The maximum Gasteiger partial charge on any atom is 0.213 e. The van der Waals surface area contributed by atoms with Gasteiger partial charge in [-0.05, 0) is 24.1 Å². The monoisotopic (exact) mass is 312 g/mol. The summed E-state index contributed by atoms with van der Waals surface area (Å²) in [6.45, 7) is 4.30. The second-order valence-corrected chi connectivity index (χ2v) is 5.22. The van der Waals surface area contributed by atoms with Crippen LogP contribution in [0.25, 0.3) is 0 Å². The van der Waals surface area contributed by atoms with Crippen LogP contribution < -0.4 is 10.1 Å². The first-order valence-electron chi connectivity index (χ1n) is 7.75. The van der Waals surface area contributed by atoms with Crippen molar-refractivity contribution in [3.8, 4) is 5.88 Å². The number of aromatic nitrogens is 1. The zero-order valence-corrected chi connectivity index (χ0v) is 14.0. The van der Waals surface area contributed by atoms with Crippen LogP contribution in [0, 0.1) is 0 Å². The predicted molar refractivity (Wildman–Crippen MR) is 93.5 cm³/mol. The molecule has 0 radical (unpaired) electrons. The summed E-state index contributed by atoms with van der Waals surface area (Å²) < 4.78 is 5.15. The lowest BCUT2D eigenvalue weighted by atomic mass is 10.2. The van der Waals surface area contributed by atoms with Gasteiger partial charge in [0, 0.05) is 32.4 Å². The zero-order chi connectivity index (χ0) is 16.5. The number of rotatable bonds is 6. The fourth-order valence-electron chi connectivity index (χ4n) is 2.23. The number of nitrogens with one attached hydrogen (secondary N) is 1. The molecule has 0 spiro atoms. The number of pyridine rings is 1. The molecule has 23 heavy (non-hydrogen) atoms. The number of ether oxygens (including phenoxy) is 1. The van der Waals surface area contributed by atoms with E-state index < -0.39 is 0 Å². The first-order chi connectivity index (χ1) is 11.2. The van der Waals surface area contributed by atoms with Gasteiger partial charge in [0.2, 0.25) is 5.88 Å². The quantitative estimate of drug-likeness (QED) is 0.658. The number of hydrogen-bond acceptors (Lipinski definition) is 3. The molecule has 0 atom stereocenters. The molecular weight excluding hydrogens is 288 g/mol. The van der Waals surface area contributed by atoms with Crippen LogP contribution >= 0.6 is 0 Å². The van der Waals surface area contributed by atoms with Gasteiger partial charge in [-0.25, -0.2) is 9.98 Å². The Bertz CT molecular complexity index is 628. The first kappa shape index (κ1) is 16.8. The van der Waals surface area contributed by atoms with E-state index in [1.165, 1.54) is 5.56 Å². The lowest BCUT2D eigenvalue weighted by Gasteiger charge is -2.22. The lowest BCUT2D eigenvalue weighted by molar-refractivity contribution is 0.397. The van der Waals surface area contributed by atoms with E-state index in [-0.39, 0.29) is 0 Å². The molecular formula is C18H24N4O. The molecule has 122 valence electrons. The molecule has 1 aromatic carbocycles. The smallest absolute Gasteiger partial charge is 0.213 e. The van der Waals surface area contributed by atoms with E-state index in [9.17, 15) is 0 Å². The fraction of sp³-hybridized carbons (Fsp3) is 0.333. The molecule has 0 bridgehead atoms. The van der Waals surface area contributed by atoms with Crippen molar-refractivity contribution < 1.29 is 4.74 Å². The molecule has 5 nitrogen and oxygen atoms in total. The highest BCUT2D eigenvalue weighted by Gasteiger charge is 2.06. The highest BCUT2D eigenvalue weighted by atomic mass is 16.5. The molecule has 1 aromatic heterocycles. The minimum absolute atomic E-state index is 0.584. The third kappa shape index (κ3) is 5.29. The summed E-state index contributed by atoms with van der Waals surface area (Å²) in [5.41, 5.74) is 2.33. The van der Waals surface area contributed by atoms with E-state index in [2.05, 4.69) is 46.4 Å². The third-order valence-electron chi connectivity index (χ3n) is 3.38. The maximum atomic E-state index is 5.15. The van der Waals surface area contributed by atoms with Crippen LogP contribution in [-0.4, -0.2) is 36.5 Å². The molecule has 2 rings (SSSR count). The van der Waals surface area contributed by atoms with Crippen molar-refractivity contribution in [3.05, 3.63) is 59.8 Å². The Morgan fingerprint density at radius 1 is 1.22 bits per heavy atom. The molecule has 0 saturated heterocycles. The van der Waals surface area contributed by atoms with E-state index in [4.69, 9.17) is 9.73 Å². The van der Waals surface area contributed by atoms with Crippen molar-refractivity contribution in [1.82, 2.24) is 15.2 Å². The molecule has 0 aliphatic heterocycles. The van der Waals surface area contributed by atoms with Gasteiger partial charge in [-0.1, -0.05) is 30.3 Å². The van der Waals surface area contributed by atoms with Crippen molar-refractivity contribution in [3.63, 3.8) is 0 Å². The van der Waals surface area contributed by atoms with Crippen molar-refractivity contribution in [2.75, 3.05) is 20.7 Å². The summed E-state index contributed by atoms with van der Waals surface area (Å²) >= 11 is 0. The zero-order valence-electron chi connectivity index (χ0n) is 14.0. The minimum Gasteiger partial charge on any atom is -0.481 e. The Kier molecular flexibility index (Phi) is 6.41. The second-order valence-electron chi connectivity index (χ2n) is 5.22. The van der Waals surface area contributed by atoms with E-state index in [1.54, 1.807) is 13.3 Å². The normalized spacial score (nSPS) is 11.2. The number of aliphatic imine (C=N–C) groups is 1. The van der Waals surface area contributed by atoms with Crippen molar-refractivity contribution in [2.24, 2.45) is 4.99 Å². The highest BCUT2D eigenvalue weighted by Crippen LogP contribution is 2.10. The number of methoxy groups -OCH3 is 1. The summed E-state index contributed by atoms with van der Waals surface area (Å²) in [4.78, 5) is 10.9. The lowest BCUT2D eigenvalue weighted by Crippen LogP contribution is -2.38. The molecule has 0 aliphatic carbocycles. The van der Waals surface area contributed by atoms with Crippen LogP contribution in [-0.2, 0) is 13.1 Å². The Labute approximate surface area is 138 Å². The Morgan fingerprint density at radius 2 is 2.00 bits per heavy atom. The molecule has 5 heteroatoms. The summed E-state index contributed by atoms with van der Waals surface area (Å²) in [6, 6.07) is 14.2. The van der Waals surface area contributed by atoms with E-state index in [0.29, 0.717) is 12.4 Å². The van der Waals surface area contributed by atoms with Gasteiger partial charge in [-0.3, -0.25) is 0 Å². The van der Waals surface area contributed by atoms with E-state index in [0.717, 1.165) is 24.6 Å². The van der Waals surface area contributed by atoms with E-state index in [1.807, 2.05) is 25.2 Å². The van der Waals surface area contributed by atoms with E-state index >= 15 is 0 Å². The summed E-state index contributed by atoms with van der Waals surface area (Å²) in [5.74, 6) is 1.49. The van der Waals surface area contributed by atoms with Crippen LogP contribution in [0.2, 0.25) is 0 Å². The molecule has 0 saturated carbocycles. The third-order valence-corrected chi connectivity index (χ3v) is 3.38. The molecule has 0 amide bonds.